The Morgan fingerprint density at radius 3 is 2.47 bits per heavy atom. The van der Waals surface area contributed by atoms with Crippen molar-refractivity contribution in [3.05, 3.63) is 47.2 Å². The fourth-order valence-electron chi connectivity index (χ4n) is 4.16. The quantitative estimate of drug-likeness (QED) is 0.312. The number of ether oxygens (including phenoxy) is 4. The molecule has 2 heterocycles. The molecule has 1 aromatic carbocycles. The smallest absolute Gasteiger partial charge is 0.421 e. The molecule has 0 saturated carbocycles. The summed E-state index contributed by atoms with van der Waals surface area (Å²) in [5.41, 5.74) is -0.695. The van der Waals surface area contributed by atoms with Crippen LogP contribution in [0.1, 0.15) is 34.3 Å². The van der Waals surface area contributed by atoms with Crippen LogP contribution in [0.4, 0.5) is 27.6 Å². The summed E-state index contributed by atoms with van der Waals surface area (Å²) >= 11 is 0. The number of likely N-dealkylation sites (tertiary alicyclic amines) is 1. The fourth-order valence-corrected chi connectivity index (χ4v) is 4.16. The van der Waals surface area contributed by atoms with Gasteiger partial charge in [0.2, 0.25) is 5.88 Å². The molecule has 1 fully saturated rings. The van der Waals surface area contributed by atoms with Gasteiger partial charge in [-0.1, -0.05) is 0 Å². The average Bonchev–Trinajstić information content (AvgIpc) is 2.84. The zero-order valence-electron chi connectivity index (χ0n) is 21.2. The number of nitrogens with one attached hydrogen (secondary N) is 1. The number of aromatic nitrogens is 1. The zero-order chi connectivity index (χ0) is 27.9. The number of rotatable bonds is 11. The molecular formula is C25H30F5N3O5. The van der Waals surface area contributed by atoms with Crippen LogP contribution >= 0.6 is 0 Å². The third-order valence-corrected chi connectivity index (χ3v) is 5.80. The molecule has 0 unspecified atom stereocenters. The van der Waals surface area contributed by atoms with E-state index in [4.69, 9.17) is 18.9 Å². The van der Waals surface area contributed by atoms with Crippen molar-refractivity contribution >= 4 is 11.7 Å². The second-order valence-corrected chi connectivity index (χ2v) is 8.92. The Labute approximate surface area is 217 Å². The summed E-state index contributed by atoms with van der Waals surface area (Å²) in [6, 6.07) is 4.57. The Morgan fingerprint density at radius 2 is 1.87 bits per heavy atom. The summed E-state index contributed by atoms with van der Waals surface area (Å²) in [5.74, 6) is -4.46. The van der Waals surface area contributed by atoms with Crippen LogP contribution in [0.3, 0.4) is 0 Å². The molecule has 1 aliphatic heterocycles. The van der Waals surface area contributed by atoms with Gasteiger partial charge in [-0.05, 0) is 42.8 Å². The number of methoxy groups -OCH3 is 3. The number of anilines is 1. The lowest BCUT2D eigenvalue weighted by Gasteiger charge is -2.32. The van der Waals surface area contributed by atoms with Gasteiger partial charge < -0.3 is 24.3 Å². The minimum Gasteiger partial charge on any atom is -0.465 e. The fraction of sp³-hybridized carbons (Fsp3) is 0.520. The second kappa shape index (κ2) is 12.7. The highest BCUT2D eigenvalue weighted by atomic mass is 19.4. The molecule has 0 aliphatic carbocycles. The van der Waals surface area contributed by atoms with Crippen LogP contribution in [0.25, 0.3) is 0 Å². The van der Waals surface area contributed by atoms with E-state index in [0.717, 1.165) is 12.3 Å². The van der Waals surface area contributed by atoms with Crippen LogP contribution in [0, 0.1) is 0 Å². The van der Waals surface area contributed by atoms with Crippen LogP contribution in [0.15, 0.2) is 30.5 Å². The summed E-state index contributed by atoms with van der Waals surface area (Å²) in [6.07, 6.45) is -3.67. The summed E-state index contributed by atoms with van der Waals surface area (Å²) in [4.78, 5) is 17.6. The van der Waals surface area contributed by atoms with E-state index in [2.05, 4.69) is 10.3 Å². The summed E-state index contributed by atoms with van der Waals surface area (Å²) in [5, 5.41) is 3.08. The number of alkyl halides is 5. The molecule has 0 spiro atoms. The van der Waals surface area contributed by atoms with Crippen molar-refractivity contribution in [1.29, 1.82) is 0 Å². The van der Waals surface area contributed by atoms with Gasteiger partial charge >= 0.3 is 12.1 Å². The van der Waals surface area contributed by atoms with Gasteiger partial charge in [-0.2, -0.15) is 13.2 Å². The number of halogens is 5. The molecule has 0 atom stereocenters. The molecule has 0 amide bonds. The Bertz CT molecular complexity index is 1090. The van der Waals surface area contributed by atoms with Crippen LogP contribution in [-0.4, -0.2) is 75.5 Å². The van der Waals surface area contributed by atoms with Crippen LogP contribution in [-0.2, 0) is 26.9 Å². The van der Waals surface area contributed by atoms with Crippen molar-refractivity contribution in [3.8, 4) is 11.6 Å². The molecule has 2 aromatic rings. The summed E-state index contributed by atoms with van der Waals surface area (Å²) < 4.78 is 89.6. The number of carbonyl (C=O) groups excluding carboxylic acids is 1. The maximum Gasteiger partial charge on any atom is 0.421 e. The van der Waals surface area contributed by atoms with Gasteiger partial charge in [-0.15, -0.1) is 0 Å². The van der Waals surface area contributed by atoms with Crippen molar-refractivity contribution in [3.63, 3.8) is 0 Å². The van der Waals surface area contributed by atoms with E-state index in [1.54, 1.807) is 0 Å². The molecule has 210 valence electrons. The SMILES string of the molecule is COCC(COC)Nc1ccc(Oc2ncc(CN3CCCC(F)(F)C3)cc2C(F)(F)F)cc1C(=O)OC. The number of hydrogen-bond donors (Lipinski definition) is 1. The molecule has 3 rings (SSSR count). The van der Waals surface area contributed by atoms with Crippen molar-refractivity contribution in [2.75, 3.05) is 52.9 Å². The number of hydrogen-bond acceptors (Lipinski definition) is 8. The molecule has 1 N–H and O–H groups in total. The Kier molecular flexibility index (Phi) is 9.85. The zero-order valence-corrected chi connectivity index (χ0v) is 21.2. The monoisotopic (exact) mass is 547 g/mol. The number of pyridine rings is 1. The Balaban J connectivity index is 1.87. The molecule has 38 heavy (non-hydrogen) atoms. The van der Waals surface area contributed by atoms with E-state index in [-0.39, 0.29) is 55.5 Å². The van der Waals surface area contributed by atoms with Crippen LogP contribution < -0.4 is 10.1 Å². The Hall–Kier alpha value is -3.03. The van der Waals surface area contributed by atoms with Gasteiger partial charge in [0.05, 0.1) is 38.5 Å². The predicted molar refractivity (Wildman–Crippen MR) is 128 cm³/mol. The van der Waals surface area contributed by atoms with Crippen molar-refractivity contribution in [1.82, 2.24) is 9.88 Å². The lowest BCUT2D eigenvalue weighted by atomic mass is 10.1. The van der Waals surface area contributed by atoms with Gasteiger partial charge in [0.25, 0.3) is 5.92 Å². The molecule has 13 heteroatoms. The van der Waals surface area contributed by atoms with E-state index in [9.17, 15) is 26.7 Å². The van der Waals surface area contributed by atoms with Gasteiger partial charge in [0.1, 0.15) is 11.3 Å². The van der Waals surface area contributed by atoms with Crippen molar-refractivity contribution in [2.24, 2.45) is 0 Å². The molecule has 8 nitrogen and oxygen atoms in total. The lowest BCUT2D eigenvalue weighted by molar-refractivity contribution is -0.139. The molecule has 0 radical (unpaired) electrons. The number of benzene rings is 1. The maximum absolute atomic E-state index is 13.9. The summed E-state index contributed by atoms with van der Waals surface area (Å²) in [6.45, 7) is 0.226. The molecule has 1 saturated heterocycles. The first-order valence-corrected chi connectivity index (χ1v) is 11.8. The van der Waals surface area contributed by atoms with Crippen molar-refractivity contribution < 1.29 is 45.7 Å². The first kappa shape index (κ1) is 29.5. The first-order chi connectivity index (χ1) is 18.0. The highest BCUT2D eigenvalue weighted by Crippen LogP contribution is 2.38. The van der Waals surface area contributed by atoms with Crippen LogP contribution in [0.2, 0.25) is 0 Å². The number of nitrogens with zero attached hydrogens (tertiary/aromatic N) is 2. The minimum absolute atomic E-state index is 0.0124. The van der Waals surface area contributed by atoms with E-state index in [0.29, 0.717) is 12.2 Å². The van der Waals surface area contributed by atoms with Gasteiger partial charge in [0.15, 0.2) is 0 Å². The Morgan fingerprint density at radius 1 is 1.16 bits per heavy atom. The standard InChI is InChI=1S/C25H30F5N3O5/c1-35-13-17(14-36-2)32-21-6-5-18(10-19(21)23(34)37-3)38-22-20(25(28,29)30)9-16(11-31-22)12-33-8-4-7-24(26,27)15-33/h5-6,9-11,17,32H,4,7-8,12-15H2,1-3H3. The minimum atomic E-state index is -4.83. The second-order valence-electron chi connectivity index (χ2n) is 8.92. The molecule has 0 bridgehead atoms. The summed E-state index contributed by atoms with van der Waals surface area (Å²) in [7, 11) is 4.17. The lowest BCUT2D eigenvalue weighted by Crippen LogP contribution is -2.42. The van der Waals surface area contributed by atoms with E-state index in [1.165, 1.54) is 44.4 Å². The third-order valence-electron chi connectivity index (χ3n) is 5.80. The molecule has 1 aromatic heterocycles. The average molecular weight is 548 g/mol. The highest BCUT2D eigenvalue weighted by molar-refractivity contribution is 5.96. The number of piperidine rings is 1. The van der Waals surface area contributed by atoms with Crippen molar-refractivity contribution in [2.45, 2.75) is 37.5 Å². The third kappa shape index (κ3) is 7.98. The van der Waals surface area contributed by atoms with E-state index in [1.807, 2.05) is 0 Å². The number of esters is 1. The normalized spacial score (nSPS) is 15.9. The molecule has 1 aliphatic rings. The van der Waals surface area contributed by atoms with Gasteiger partial charge in [-0.25, -0.2) is 18.6 Å². The first-order valence-electron chi connectivity index (χ1n) is 11.8. The maximum atomic E-state index is 13.9. The molecular weight excluding hydrogens is 517 g/mol. The topological polar surface area (TPSA) is 82.2 Å². The van der Waals surface area contributed by atoms with E-state index < -0.39 is 36.1 Å². The number of carbonyl (C=O) groups is 1. The van der Waals surface area contributed by atoms with Gasteiger partial charge in [-0.3, -0.25) is 4.90 Å². The predicted octanol–water partition coefficient (Wildman–Crippen LogP) is 4.98. The highest BCUT2D eigenvalue weighted by Gasteiger charge is 2.38. The van der Waals surface area contributed by atoms with Crippen LogP contribution in [0.5, 0.6) is 11.6 Å². The van der Waals surface area contributed by atoms with Gasteiger partial charge in [0, 0.05) is 39.1 Å². The van der Waals surface area contributed by atoms with E-state index >= 15 is 0 Å². The largest absolute Gasteiger partial charge is 0.465 e.